The van der Waals surface area contributed by atoms with Crippen molar-refractivity contribution in [2.45, 2.75) is 32.7 Å². The average molecular weight is 292 g/mol. The molecule has 1 N–H and O–H groups in total. The molecule has 0 saturated heterocycles. The normalized spacial score (nSPS) is 12.7. The quantitative estimate of drug-likeness (QED) is 0.914. The smallest absolute Gasteiger partial charge is 0.0624 e. The Hall–Kier alpha value is -1.32. The van der Waals surface area contributed by atoms with Gasteiger partial charge in [0, 0.05) is 30.2 Å². The number of aromatic nitrogens is 2. The van der Waals surface area contributed by atoms with Gasteiger partial charge in [-0.3, -0.25) is 4.68 Å². The first-order chi connectivity index (χ1) is 9.55. The molecule has 0 bridgehead atoms. The molecule has 1 atom stereocenters. The van der Waals surface area contributed by atoms with Crippen LogP contribution in [-0.2, 0) is 19.9 Å². The monoisotopic (exact) mass is 291 g/mol. The van der Waals surface area contributed by atoms with Crippen LogP contribution in [0.4, 0.5) is 0 Å². The van der Waals surface area contributed by atoms with Gasteiger partial charge in [0.2, 0.25) is 0 Å². The highest BCUT2D eigenvalue weighted by atomic mass is 35.5. The minimum absolute atomic E-state index is 0.244. The lowest BCUT2D eigenvalue weighted by Crippen LogP contribution is -2.20. The molecule has 1 aromatic carbocycles. The van der Waals surface area contributed by atoms with Crippen LogP contribution in [0, 0.1) is 6.92 Å². The number of rotatable bonds is 5. The zero-order valence-corrected chi connectivity index (χ0v) is 13.3. The number of benzene rings is 1. The van der Waals surface area contributed by atoms with E-state index in [0.29, 0.717) is 0 Å². The first kappa shape index (κ1) is 15.1. The van der Waals surface area contributed by atoms with Crippen LogP contribution in [0.5, 0.6) is 0 Å². The summed E-state index contributed by atoms with van der Waals surface area (Å²) < 4.78 is 1.97. The Kier molecular flexibility index (Phi) is 4.84. The lowest BCUT2D eigenvalue weighted by molar-refractivity contribution is 0.561. The molecule has 0 aliphatic rings. The summed E-state index contributed by atoms with van der Waals surface area (Å²) in [5, 5.41) is 8.69. The van der Waals surface area contributed by atoms with Crippen LogP contribution in [0.3, 0.4) is 0 Å². The van der Waals surface area contributed by atoms with Crippen LogP contribution < -0.4 is 5.32 Å². The average Bonchev–Trinajstić information content (AvgIpc) is 2.80. The standard InChI is InChI=1S/C16H22ClN3/c1-5-13-9-14(20(4)19-13)10-16(18-3)12-7-6-11(2)15(17)8-12/h6-9,16,18H,5,10H2,1-4H3. The van der Waals surface area contributed by atoms with Crippen LogP contribution in [0.2, 0.25) is 5.02 Å². The van der Waals surface area contributed by atoms with Crippen molar-refractivity contribution in [3.8, 4) is 0 Å². The number of nitrogens with zero attached hydrogens (tertiary/aromatic N) is 2. The van der Waals surface area contributed by atoms with E-state index in [4.69, 9.17) is 11.6 Å². The van der Waals surface area contributed by atoms with Crippen molar-refractivity contribution in [3.63, 3.8) is 0 Å². The Morgan fingerprint density at radius 3 is 2.65 bits per heavy atom. The molecule has 20 heavy (non-hydrogen) atoms. The van der Waals surface area contributed by atoms with Crippen molar-refractivity contribution in [2.75, 3.05) is 7.05 Å². The fourth-order valence-corrected chi connectivity index (χ4v) is 2.55. The molecule has 108 valence electrons. The second-order valence-corrected chi connectivity index (χ2v) is 5.57. The van der Waals surface area contributed by atoms with Crippen LogP contribution in [0.1, 0.15) is 35.5 Å². The van der Waals surface area contributed by atoms with E-state index in [9.17, 15) is 0 Å². The van der Waals surface area contributed by atoms with Crippen LogP contribution in [0.15, 0.2) is 24.3 Å². The highest BCUT2D eigenvalue weighted by molar-refractivity contribution is 6.31. The van der Waals surface area contributed by atoms with E-state index in [-0.39, 0.29) is 6.04 Å². The SMILES string of the molecule is CCc1cc(CC(NC)c2ccc(C)c(Cl)c2)n(C)n1. The van der Waals surface area contributed by atoms with Gasteiger partial charge in [0.05, 0.1) is 5.69 Å². The molecule has 1 aromatic heterocycles. The zero-order valence-electron chi connectivity index (χ0n) is 12.6. The summed E-state index contributed by atoms with van der Waals surface area (Å²) in [6.07, 6.45) is 1.87. The minimum Gasteiger partial charge on any atom is -0.313 e. The molecule has 1 unspecified atom stereocenters. The Balaban J connectivity index is 2.23. The van der Waals surface area contributed by atoms with E-state index in [1.807, 2.05) is 25.7 Å². The summed E-state index contributed by atoms with van der Waals surface area (Å²) in [5.74, 6) is 0. The third-order valence-corrected chi connectivity index (χ3v) is 4.16. The van der Waals surface area contributed by atoms with Crippen LogP contribution in [0.25, 0.3) is 0 Å². The van der Waals surface area contributed by atoms with Gasteiger partial charge in [-0.05, 0) is 43.7 Å². The van der Waals surface area contributed by atoms with Crippen molar-refractivity contribution in [1.29, 1.82) is 0 Å². The fourth-order valence-electron chi connectivity index (χ4n) is 2.36. The number of nitrogens with one attached hydrogen (secondary N) is 1. The third kappa shape index (κ3) is 3.22. The van der Waals surface area contributed by atoms with E-state index in [0.717, 1.165) is 29.1 Å². The third-order valence-electron chi connectivity index (χ3n) is 3.75. The molecule has 0 fully saturated rings. The van der Waals surface area contributed by atoms with Crippen molar-refractivity contribution in [3.05, 3.63) is 51.8 Å². The number of hydrogen-bond donors (Lipinski definition) is 1. The number of halogens is 1. The Bertz CT molecular complexity index is 589. The molecule has 0 aliphatic carbocycles. The molecule has 2 aromatic rings. The molecule has 0 saturated carbocycles. The fraction of sp³-hybridized carbons (Fsp3) is 0.438. The van der Waals surface area contributed by atoms with Gasteiger partial charge < -0.3 is 5.32 Å². The lowest BCUT2D eigenvalue weighted by atomic mass is 10.0. The molecule has 3 nitrogen and oxygen atoms in total. The van der Waals surface area contributed by atoms with Crippen LogP contribution in [-0.4, -0.2) is 16.8 Å². The first-order valence-electron chi connectivity index (χ1n) is 7.00. The lowest BCUT2D eigenvalue weighted by Gasteiger charge is -2.17. The van der Waals surface area contributed by atoms with Gasteiger partial charge in [-0.1, -0.05) is 30.7 Å². The molecule has 4 heteroatoms. The Morgan fingerprint density at radius 1 is 1.35 bits per heavy atom. The largest absolute Gasteiger partial charge is 0.313 e. The van der Waals surface area contributed by atoms with E-state index < -0.39 is 0 Å². The Labute approximate surface area is 126 Å². The summed E-state index contributed by atoms with van der Waals surface area (Å²) in [5.41, 5.74) is 4.69. The van der Waals surface area contributed by atoms with Gasteiger partial charge >= 0.3 is 0 Å². The predicted molar refractivity (Wildman–Crippen MR) is 84.3 cm³/mol. The van der Waals surface area contributed by atoms with Gasteiger partial charge in [0.1, 0.15) is 0 Å². The molecular formula is C16H22ClN3. The minimum atomic E-state index is 0.244. The van der Waals surface area contributed by atoms with Gasteiger partial charge in [-0.25, -0.2) is 0 Å². The van der Waals surface area contributed by atoms with Gasteiger partial charge in [0.15, 0.2) is 0 Å². The molecule has 0 radical (unpaired) electrons. The topological polar surface area (TPSA) is 29.9 Å². The zero-order chi connectivity index (χ0) is 14.7. The van der Waals surface area contributed by atoms with Gasteiger partial charge in [-0.15, -0.1) is 0 Å². The first-order valence-corrected chi connectivity index (χ1v) is 7.38. The molecule has 0 spiro atoms. The molecule has 1 heterocycles. The maximum Gasteiger partial charge on any atom is 0.0624 e. The maximum absolute atomic E-state index is 6.23. The van der Waals surface area contributed by atoms with Crippen molar-refractivity contribution >= 4 is 11.6 Å². The molecule has 2 rings (SSSR count). The summed E-state index contributed by atoms with van der Waals surface area (Å²) in [4.78, 5) is 0. The predicted octanol–water partition coefficient (Wildman–Crippen LogP) is 3.45. The van der Waals surface area contributed by atoms with E-state index in [1.54, 1.807) is 0 Å². The highest BCUT2D eigenvalue weighted by Gasteiger charge is 2.14. The van der Waals surface area contributed by atoms with E-state index in [1.165, 1.54) is 11.3 Å². The number of likely N-dealkylation sites (N-methyl/N-ethyl adjacent to an activating group) is 1. The summed E-state index contributed by atoms with van der Waals surface area (Å²) in [7, 11) is 3.98. The molecular weight excluding hydrogens is 270 g/mol. The van der Waals surface area contributed by atoms with E-state index >= 15 is 0 Å². The summed E-state index contributed by atoms with van der Waals surface area (Å²) in [6.45, 7) is 4.15. The summed E-state index contributed by atoms with van der Waals surface area (Å²) >= 11 is 6.23. The maximum atomic E-state index is 6.23. The van der Waals surface area contributed by atoms with Crippen LogP contribution >= 0.6 is 11.6 Å². The number of aryl methyl sites for hydroxylation is 3. The summed E-state index contributed by atoms with van der Waals surface area (Å²) in [6, 6.07) is 8.69. The molecule has 0 aliphatic heterocycles. The van der Waals surface area contributed by atoms with Gasteiger partial charge in [-0.2, -0.15) is 5.10 Å². The van der Waals surface area contributed by atoms with Crippen molar-refractivity contribution < 1.29 is 0 Å². The second kappa shape index (κ2) is 6.42. The van der Waals surface area contributed by atoms with Crippen molar-refractivity contribution in [1.82, 2.24) is 15.1 Å². The molecule has 0 amide bonds. The van der Waals surface area contributed by atoms with Crippen molar-refractivity contribution in [2.24, 2.45) is 7.05 Å². The second-order valence-electron chi connectivity index (χ2n) is 5.16. The van der Waals surface area contributed by atoms with E-state index in [2.05, 4.69) is 41.6 Å². The highest BCUT2D eigenvalue weighted by Crippen LogP contribution is 2.24. The Morgan fingerprint density at radius 2 is 2.10 bits per heavy atom. The number of hydrogen-bond acceptors (Lipinski definition) is 2. The van der Waals surface area contributed by atoms with Gasteiger partial charge in [0.25, 0.3) is 0 Å².